The average Bonchev–Trinajstić information content (AvgIpc) is 3.19. The number of Topliss-reactive ketones (excluding diaryl/α,β-unsaturated/α-hetero) is 1. The molecule has 166 valence electrons. The maximum absolute atomic E-state index is 12.1. The highest BCUT2D eigenvalue weighted by Gasteiger charge is 2.12. The number of carbonyl (C=O) groups is 3. The van der Waals surface area contributed by atoms with Gasteiger partial charge in [0.05, 0.1) is 10.8 Å². The quantitative estimate of drug-likeness (QED) is 0.241. The zero-order valence-electron chi connectivity index (χ0n) is 16.6. The van der Waals surface area contributed by atoms with Crippen LogP contribution in [0.2, 0.25) is 10.0 Å². The van der Waals surface area contributed by atoms with Gasteiger partial charge in [0.1, 0.15) is 5.75 Å². The Morgan fingerprint density at radius 3 is 2.47 bits per heavy atom. The van der Waals surface area contributed by atoms with E-state index in [1.165, 1.54) is 24.8 Å². The van der Waals surface area contributed by atoms with Crippen molar-refractivity contribution in [3.05, 3.63) is 58.1 Å². The summed E-state index contributed by atoms with van der Waals surface area (Å²) in [6, 6.07) is 11.3. The molecule has 12 heteroatoms. The number of hydrogen-bond donors (Lipinski definition) is 2. The molecule has 0 saturated heterocycles. The van der Waals surface area contributed by atoms with Gasteiger partial charge in [0.15, 0.2) is 16.7 Å². The number of hydrogen-bond acceptors (Lipinski definition) is 8. The molecular weight excluding hydrogens is 495 g/mol. The topological polar surface area (TPSA) is 110 Å². The third-order valence-electron chi connectivity index (χ3n) is 3.81. The van der Waals surface area contributed by atoms with Crippen molar-refractivity contribution < 1.29 is 19.1 Å². The molecule has 2 aromatic carbocycles. The summed E-state index contributed by atoms with van der Waals surface area (Å²) in [6.07, 6.45) is 0. The lowest BCUT2D eigenvalue weighted by Crippen LogP contribution is -2.20. The van der Waals surface area contributed by atoms with Crippen molar-refractivity contribution in [2.75, 3.05) is 23.0 Å². The van der Waals surface area contributed by atoms with E-state index in [0.29, 0.717) is 31.4 Å². The molecule has 1 aromatic heterocycles. The Morgan fingerprint density at radius 2 is 1.78 bits per heavy atom. The van der Waals surface area contributed by atoms with Gasteiger partial charge in [0, 0.05) is 16.3 Å². The second-order valence-electron chi connectivity index (χ2n) is 6.26. The van der Waals surface area contributed by atoms with Crippen LogP contribution in [0.3, 0.4) is 0 Å². The molecule has 32 heavy (non-hydrogen) atoms. The molecule has 0 bridgehead atoms. The van der Waals surface area contributed by atoms with Crippen molar-refractivity contribution in [3.63, 3.8) is 0 Å². The molecule has 0 radical (unpaired) electrons. The number of carbonyl (C=O) groups excluding carboxylic acids is 3. The molecule has 0 aliphatic carbocycles. The predicted octanol–water partition coefficient (Wildman–Crippen LogP) is 4.80. The molecule has 1 heterocycles. The van der Waals surface area contributed by atoms with E-state index in [4.69, 9.17) is 27.9 Å². The number of ether oxygens (including phenoxy) is 1. The van der Waals surface area contributed by atoms with Crippen molar-refractivity contribution in [1.82, 2.24) is 10.2 Å². The molecule has 0 saturated carbocycles. The third kappa shape index (κ3) is 7.20. The molecule has 0 unspecified atom stereocenters. The lowest BCUT2D eigenvalue weighted by atomic mass is 10.1. The predicted molar refractivity (Wildman–Crippen MR) is 126 cm³/mol. The van der Waals surface area contributed by atoms with Crippen LogP contribution in [0.1, 0.15) is 17.3 Å². The molecule has 0 aliphatic rings. The summed E-state index contributed by atoms with van der Waals surface area (Å²) in [6.45, 7) is 1.21. The van der Waals surface area contributed by atoms with Crippen LogP contribution >= 0.6 is 46.3 Å². The molecule has 2 amide bonds. The van der Waals surface area contributed by atoms with Gasteiger partial charge in [0.2, 0.25) is 11.0 Å². The van der Waals surface area contributed by atoms with Crippen molar-refractivity contribution in [1.29, 1.82) is 0 Å². The third-order valence-corrected chi connectivity index (χ3v) is 6.31. The Morgan fingerprint density at radius 1 is 1.03 bits per heavy atom. The number of anilines is 2. The van der Waals surface area contributed by atoms with Crippen molar-refractivity contribution in [3.8, 4) is 5.75 Å². The summed E-state index contributed by atoms with van der Waals surface area (Å²) in [4.78, 5) is 35.4. The minimum absolute atomic E-state index is 0.0436. The molecule has 3 aromatic rings. The van der Waals surface area contributed by atoms with Crippen LogP contribution in [-0.2, 0) is 9.59 Å². The minimum atomic E-state index is -0.435. The normalized spacial score (nSPS) is 10.5. The maximum atomic E-state index is 12.1. The number of amides is 2. The smallest absolute Gasteiger partial charge is 0.264 e. The van der Waals surface area contributed by atoms with Gasteiger partial charge in [0.25, 0.3) is 5.91 Å². The van der Waals surface area contributed by atoms with Crippen LogP contribution in [-0.4, -0.2) is 40.2 Å². The molecule has 0 fully saturated rings. The lowest BCUT2D eigenvalue weighted by molar-refractivity contribution is -0.118. The van der Waals surface area contributed by atoms with Gasteiger partial charge in [-0.1, -0.05) is 46.3 Å². The summed E-state index contributed by atoms with van der Waals surface area (Å²) < 4.78 is 5.88. The zero-order valence-corrected chi connectivity index (χ0v) is 19.7. The van der Waals surface area contributed by atoms with Crippen LogP contribution in [0.15, 0.2) is 46.8 Å². The largest absolute Gasteiger partial charge is 0.482 e. The van der Waals surface area contributed by atoms with Crippen molar-refractivity contribution in [2.45, 2.75) is 11.3 Å². The number of thioether (sulfide) groups is 1. The number of rotatable bonds is 9. The monoisotopic (exact) mass is 510 g/mol. The molecule has 0 spiro atoms. The van der Waals surface area contributed by atoms with Gasteiger partial charge in [-0.25, -0.2) is 0 Å². The highest BCUT2D eigenvalue weighted by Crippen LogP contribution is 2.28. The Labute approximate surface area is 201 Å². The Hall–Kier alpha value is -2.66. The molecule has 2 N–H and O–H groups in total. The Bertz CT molecular complexity index is 1140. The summed E-state index contributed by atoms with van der Waals surface area (Å²) in [7, 11) is 0. The van der Waals surface area contributed by atoms with E-state index in [0.717, 1.165) is 11.3 Å². The van der Waals surface area contributed by atoms with Crippen LogP contribution < -0.4 is 15.4 Å². The summed E-state index contributed by atoms with van der Waals surface area (Å²) >= 11 is 14.1. The molecule has 0 atom stereocenters. The highest BCUT2D eigenvalue weighted by atomic mass is 35.5. The fourth-order valence-electron chi connectivity index (χ4n) is 2.32. The Balaban J connectivity index is 1.43. The molecular formula is C20H16Cl2N4O4S2. The number of nitrogens with zero attached hydrogens (tertiary/aromatic N) is 2. The van der Waals surface area contributed by atoms with Crippen LogP contribution in [0.4, 0.5) is 10.8 Å². The molecule has 8 nitrogen and oxygen atoms in total. The highest BCUT2D eigenvalue weighted by molar-refractivity contribution is 8.01. The van der Waals surface area contributed by atoms with E-state index >= 15 is 0 Å². The van der Waals surface area contributed by atoms with Crippen molar-refractivity contribution >= 4 is 74.7 Å². The van der Waals surface area contributed by atoms with Gasteiger partial charge >= 0.3 is 0 Å². The average molecular weight is 511 g/mol. The SMILES string of the molecule is CC(=O)c1ccc(NC(=O)CSc2nnc(NC(=O)COc3ccc(Cl)cc3Cl)s2)cc1. The van der Waals surface area contributed by atoms with E-state index in [2.05, 4.69) is 20.8 Å². The standard InChI is InChI=1S/C20H16Cl2N4O4S2/c1-11(27)12-2-5-14(6-3-12)23-18(29)10-31-20-26-25-19(32-20)24-17(28)9-30-16-7-4-13(21)8-15(16)22/h2-8H,9-10H2,1H3,(H,23,29)(H,24,25,28). The first-order valence-electron chi connectivity index (χ1n) is 9.05. The molecule has 3 rings (SSSR count). The van der Waals surface area contributed by atoms with Crippen LogP contribution in [0.25, 0.3) is 0 Å². The molecule has 0 aliphatic heterocycles. The fourth-order valence-corrected chi connectivity index (χ4v) is 4.35. The summed E-state index contributed by atoms with van der Waals surface area (Å²) in [5.74, 6) is -0.274. The first kappa shape index (κ1) is 24.0. The summed E-state index contributed by atoms with van der Waals surface area (Å²) in [5.41, 5.74) is 1.16. The number of nitrogens with one attached hydrogen (secondary N) is 2. The van der Waals surface area contributed by atoms with Gasteiger partial charge in [-0.15, -0.1) is 10.2 Å². The number of halogens is 2. The van der Waals surface area contributed by atoms with Crippen molar-refractivity contribution in [2.24, 2.45) is 0 Å². The Kier molecular flexibility index (Phi) is 8.46. The zero-order chi connectivity index (χ0) is 23.1. The van der Waals surface area contributed by atoms with E-state index < -0.39 is 5.91 Å². The van der Waals surface area contributed by atoms with E-state index in [1.807, 2.05) is 0 Å². The van der Waals surface area contributed by atoms with Gasteiger partial charge in [-0.2, -0.15) is 0 Å². The first-order chi connectivity index (χ1) is 15.3. The lowest BCUT2D eigenvalue weighted by Gasteiger charge is -2.07. The van der Waals surface area contributed by atoms with Gasteiger partial charge in [-0.3, -0.25) is 19.7 Å². The number of aromatic nitrogens is 2. The second-order valence-corrected chi connectivity index (χ2v) is 9.30. The minimum Gasteiger partial charge on any atom is -0.482 e. The van der Waals surface area contributed by atoms with Crippen LogP contribution in [0, 0.1) is 0 Å². The van der Waals surface area contributed by atoms with Gasteiger partial charge < -0.3 is 10.1 Å². The second kappa shape index (κ2) is 11.3. The van der Waals surface area contributed by atoms with Gasteiger partial charge in [-0.05, 0) is 49.4 Å². The van der Waals surface area contributed by atoms with E-state index in [-0.39, 0.29) is 29.2 Å². The summed E-state index contributed by atoms with van der Waals surface area (Å²) in [5, 5.41) is 14.2. The number of ketones is 1. The van der Waals surface area contributed by atoms with E-state index in [9.17, 15) is 14.4 Å². The maximum Gasteiger partial charge on any atom is 0.264 e. The van der Waals surface area contributed by atoms with Crippen LogP contribution in [0.5, 0.6) is 5.75 Å². The fraction of sp³-hybridized carbons (Fsp3) is 0.150. The van der Waals surface area contributed by atoms with E-state index in [1.54, 1.807) is 36.4 Å². The first-order valence-corrected chi connectivity index (χ1v) is 11.6. The number of benzene rings is 2.